The fourth-order valence-electron chi connectivity index (χ4n) is 1.17. The highest BCUT2D eigenvalue weighted by Gasteiger charge is 1.96. The molecule has 2 heteroatoms. The number of hydrogen-bond acceptors (Lipinski definition) is 1. The maximum Gasteiger partial charge on any atom is 0.00987 e. The summed E-state index contributed by atoms with van der Waals surface area (Å²) in [6.07, 6.45) is 0. The van der Waals surface area contributed by atoms with Crippen molar-refractivity contribution in [2.45, 2.75) is 25.7 Å². The van der Waals surface area contributed by atoms with Crippen LogP contribution in [0.2, 0.25) is 0 Å². The van der Waals surface area contributed by atoms with Gasteiger partial charge in [-0.05, 0) is 31.9 Å². The van der Waals surface area contributed by atoms with Gasteiger partial charge in [-0.25, -0.2) is 0 Å². The lowest BCUT2D eigenvalue weighted by molar-refractivity contribution is 0.824. The van der Waals surface area contributed by atoms with Gasteiger partial charge in [0.25, 0.3) is 0 Å². The van der Waals surface area contributed by atoms with Crippen LogP contribution in [-0.2, 0) is 0 Å². The van der Waals surface area contributed by atoms with Crippen molar-refractivity contribution in [1.82, 2.24) is 0 Å². The van der Waals surface area contributed by atoms with Crippen molar-refractivity contribution in [3.8, 4) is 0 Å². The molecule has 0 saturated carbocycles. The number of aryl methyl sites for hydroxylation is 3. The van der Waals surface area contributed by atoms with Crippen LogP contribution in [0.5, 0.6) is 0 Å². The fraction of sp³-hybridized carbons (Fsp3) is 0.333. The third-order valence-electron chi connectivity index (χ3n) is 1.64. The fourth-order valence-corrected chi connectivity index (χ4v) is 1.30. The molecule has 0 unspecified atom stereocenters. The average molecular weight is 170 g/mol. The van der Waals surface area contributed by atoms with Crippen molar-refractivity contribution in [1.29, 1.82) is 0 Å². The Morgan fingerprint density at radius 2 is 1.36 bits per heavy atom. The van der Waals surface area contributed by atoms with Gasteiger partial charge in [0.1, 0.15) is 0 Å². The standard InChI is InChI=1S/C9H12S.H2O/c1-6-4-7(2)9(10)8(3)5-6;/h4-5,10H,1-3H3;1H2. The van der Waals surface area contributed by atoms with Crippen molar-refractivity contribution in [2.75, 3.05) is 0 Å². The molecule has 1 rings (SSSR count). The van der Waals surface area contributed by atoms with Gasteiger partial charge in [0.2, 0.25) is 0 Å². The molecule has 1 nitrogen and oxygen atoms in total. The zero-order valence-corrected chi connectivity index (χ0v) is 8.00. The average Bonchev–Trinajstić information content (AvgIpc) is 1.82. The van der Waals surface area contributed by atoms with Gasteiger partial charge in [-0.15, -0.1) is 12.6 Å². The highest BCUT2D eigenvalue weighted by molar-refractivity contribution is 7.80. The molecule has 0 heterocycles. The van der Waals surface area contributed by atoms with Crippen LogP contribution < -0.4 is 0 Å². The minimum atomic E-state index is 0. The molecule has 0 radical (unpaired) electrons. The molecule has 0 aromatic heterocycles. The van der Waals surface area contributed by atoms with Crippen LogP contribution in [-0.4, -0.2) is 5.48 Å². The quantitative estimate of drug-likeness (QED) is 0.578. The maximum absolute atomic E-state index is 4.36. The molecule has 0 fully saturated rings. The molecular weight excluding hydrogens is 156 g/mol. The van der Waals surface area contributed by atoms with Crippen molar-refractivity contribution in [2.24, 2.45) is 0 Å². The number of hydrogen-bond donors (Lipinski definition) is 1. The number of rotatable bonds is 0. The Labute approximate surface area is 73.2 Å². The molecule has 1 aromatic rings. The molecule has 0 aliphatic rings. The summed E-state index contributed by atoms with van der Waals surface area (Å²) in [6, 6.07) is 4.30. The first-order chi connectivity index (χ1) is 4.61. The van der Waals surface area contributed by atoms with E-state index in [1.54, 1.807) is 0 Å². The van der Waals surface area contributed by atoms with Crippen molar-refractivity contribution in [3.05, 3.63) is 28.8 Å². The first-order valence-electron chi connectivity index (χ1n) is 3.38. The van der Waals surface area contributed by atoms with E-state index in [9.17, 15) is 0 Å². The van der Waals surface area contributed by atoms with Crippen molar-refractivity contribution >= 4 is 12.6 Å². The van der Waals surface area contributed by atoms with Gasteiger partial charge in [0.05, 0.1) is 0 Å². The summed E-state index contributed by atoms with van der Waals surface area (Å²) in [7, 11) is 0. The Hall–Kier alpha value is -0.470. The van der Waals surface area contributed by atoms with E-state index in [0.717, 1.165) is 4.90 Å². The molecule has 11 heavy (non-hydrogen) atoms. The normalized spacial score (nSPS) is 9.09. The topological polar surface area (TPSA) is 31.5 Å². The van der Waals surface area contributed by atoms with Crippen LogP contribution in [0.1, 0.15) is 16.7 Å². The zero-order chi connectivity index (χ0) is 7.72. The van der Waals surface area contributed by atoms with E-state index >= 15 is 0 Å². The third-order valence-corrected chi connectivity index (χ3v) is 2.34. The minimum absolute atomic E-state index is 0. The second-order valence-corrected chi connectivity index (χ2v) is 3.19. The highest BCUT2D eigenvalue weighted by Crippen LogP contribution is 2.19. The van der Waals surface area contributed by atoms with Gasteiger partial charge < -0.3 is 5.48 Å². The Morgan fingerprint density at radius 3 is 1.73 bits per heavy atom. The Balaban J connectivity index is 0.000001000. The summed E-state index contributed by atoms with van der Waals surface area (Å²) in [4.78, 5) is 1.12. The molecule has 62 valence electrons. The Kier molecular flexibility index (Phi) is 3.63. The minimum Gasteiger partial charge on any atom is -0.412 e. The smallest absolute Gasteiger partial charge is 0.00987 e. The molecule has 0 atom stereocenters. The molecule has 0 amide bonds. The van der Waals surface area contributed by atoms with E-state index in [4.69, 9.17) is 0 Å². The molecule has 0 aliphatic heterocycles. The van der Waals surface area contributed by atoms with E-state index in [1.807, 2.05) is 0 Å². The van der Waals surface area contributed by atoms with E-state index < -0.39 is 0 Å². The first-order valence-corrected chi connectivity index (χ1v) is 3.83. The van der Waals surface area contributed by atoms with Gasteiger partial charge in [-0.3, -0.25) is 0 Å². The van der Waals surface area contributed by atoms with Gasteiger partial charge in [-0.2, -0.15) is 0 Å². The van der Waals surface area contributed by atoms with Gasteiger partial charge >= 0.3 is 0 Å². The number of thiol groups is 1. The van der Waals surface area contributed by atoms with Gasteiger partial charge in [0, 0.05) is 4.90 Å². The summed E-state index contributed by atoms with van der Waals surface area (Å²) in [5, 5.41) is 0. The van der Waals surface area contributed by atoms with Crippen LogP contribution in [0.25, 0.3) is 0 Å². The predicted molar refractivity (Wildman–Crippen MR) is 51.5 cm³/mol. The molecule has 0 saturated heterocycles. The lowest BCUT2D eigenvalue weighted by Gasteiger charge is -2.03. The Bertz CT molecular complexity index is 233. The SMILES string of the molecule is Cc1cc(C)c(S)c(C)c1.O. The lowest BCUT2D eigenvalue weighted by atomic mass is 10.1. The van der Waals surface area contributed by atoms with Crippen LogP contribution in [0.3, 0.4) is 0 Å². The Morgan fingerprint density at radius 1 is 1.00 bits per heavy atom. The largest absolute Gasteiger partial charge is 0.412 e. The monoisotopic (exact) mass is 170 g/mol. The van der Waals surface area contributed by atoms with E-state index in [-0.39, 0.29) is 5.48 Å². The third kappa shape index (κ3) is 2.24. The molecule has 0 aliphatic carbocycles. The molecular formula is C9H14OS. The second kappa shape index (κ2) is 3.79. The lowest BCUT2D eigenvalue weighted by Crippen LogP contribution is -1.83. The summed E-state index contributed by atoms with van der Waals surface area (Å²) in [5.41, 5.74) is 3.84. The maximum atomic E-state index is 4.36. The van der Waals surface area contributed by atoms with Crippen LogP contribution in [0.4, 0.5) is 0 Å². The van der Waals surface area contributed by atoms with Crippen LogP contribution in [0.15, 0.2) is 17.0 Å². The predicted octanol–water partition coefficient (Wildman–Crippen LogP) is 2.08. The number of benzene rings is 1. The summed E-state index contributed by atoms with van der Waals surface area (Å²) < 4.78 is 0. The first kappa shape index (κ1) is 10.5. The van der Waals surface area contributed by atoms with Crippen LogP contribution in [0, 0.1) is 20.8 Å². The van der Waals surface area contributed by atoms with E-state index in [2.05, 4.69) is 45.5 Å². The van der Waals surface area contributed by atoms with Crippen molar-refractivity contribution < 1.29 is 5.48 Å². The molecule has 0 spiro atoms. The van der Waals surface area contributed by atoms with E-state index in [0.29, 0.717) is 0 Å². The van der Waals surface area contributed by atoms with Crippen LogP contribution >= 0.6 is 12.6 Å². The molecule has 0 bridgehead atoms. The van der Waals surface area contributed by atoms with Crippen molar-refractivity contribution in [3.63, 3.8) is 0 Å². The van der Waals surface area contributed by atoms with E-state index in [1.165, 1.54) is 16.7 Å². The molecule has 1 aromatic carbocycles. The summed E-state index contributed by atoms with van der Waals surface area (Å²) >= 11 is 4.36. The second-order valence-electron chi connectivity index (χ2n) is 2.75. The summed E-state index contributed by atoms with van der Waals surface area (Å²) in [5.74, 6) is 0. The highest BCUT2D eigenvalue weighted by atomic mass is 32.1. The zero-order valence-electron chi connectivity index (χ0n) is 7.10. The van der Waals surface area contributed by atoms with Gasteiger partial charge in [0.15, 0.2) is 0 Å². The van der Waals surface area contributed by atoms with Gasteiger partial charge in [-0.1, -0.05) is 17.7 Å². The molecule has 2 N–H and O–H groups in total. The summed E-state index contributed by atoms with van der Waals surface area (Å²) in [6.45, 7) is 6.28.